The van der Waals surface area contributed by atoms with Crippen LogP contribution in [-0.2, 0) is 4.79 Å². The Hall–Kier alpha value is -0.570. The summed E-state index contributed by atoms with van der Waals surface area (Å²) < 4.78 is 0. The number of aliphatic carboxylic acids is 1. The number of piperidine rings is 1. The highest BCUT2D eigenvalue weighted by molar-refractivity contribution is 5.75. The molecule has 1 aliphatic heterocycles. The maximum atomic E-state index is 11.7. The molecule has 1 aliphatic carbocycles. The van der Waals surface area contributed by atoms with Crippen LogP contribution in [0.5, 0.6) is 0 Å². The summed E-state index contributed by atoms with van der Waals surface area (Å²) in [6.07, 6.45) is 6.36. The third-order valence-corrected chi connectivity index (χ3v) is 5.21. The molecule has 3 heteroatoms. The molecule has 1 saturated heterocycles. The van der Waals surface area contributed by atoms with Gasteiger partial charge in [-0.2, -0.15) is 0 Å². The van der Waals surface area contributed by atoms with E-state index in [0.29, 0.717) is 5.92 Å². The lowest BCUT2D eigenvalue weighted by atomic mass is 9.73. The lowest BCUT2D eigenvalue weighted by Crippen LogP contribution is -2.48. The molecule has 0 amide bonds. The van der Waals surface area contributed by atoms with E-state index in [-0.39, 0.29) is 0 Å². The van der Waals surface area contributed by atoms with Crippen LogP contribution in [0.15, 0.2) is 0 Å². The number of hydrogen-bond acceptors (Lipinski definition) is 2. The number of carboxylic acid groups (broad SMARTS) is 1. The Morgan fingerprint density at radius 1 is 1.22 bits per heavy atom. The molecule has 18 heavy (non-hydrogen) atoms. The average Bonchev–Trinajstić information content (AvgIpc) is 2.35. The Labute approximate surface area is 111 Å². The van der Waals surface area contributed by atoms with Crippen molar-refractivity contribution in [3.63, 3.8) is 0 Å². The monoisotopic (exact) mass is 253 g/mol. The van der Waals surface area contributed by atoms with Crippen molar-refractivity contribution in [1.29, 1.82) is 0 Å². The predicted molar refractivity (Wildman–Crippen MR) is 72.5 cm³/mol. The molecule has 2 unspecified atom stereocenters. The highest BCUT2D eigenvalue weighted by Gasteiger charge is 2.41. The molecule has 3 nitrogen and oxygen atoms in total. The van der Waals surface area contributed by atoms with Gasteiger partial charge in [0.2, 0.25) is 0 Å². The molecule has 1 N–H and O–H groups in total. The van der Waals surface area contributed by atoms with Crippen LogP contribution < -0.4 is 0 Å². The zero-order valence-electron chi connectivity index (χ0n) is 11.8. The number of likely N-dealkylation sites (tertiary alicyclic amines) is 1. The average molecular weight is 253 g/mol. The summed E-state index contributed by atoms with van der Waals surface area (Å²) in [5.41, 5.74) is -0.446. The molecule has 1 saturated carbocycles. The Morgan fingerprint density at radius 3 is 2.44 bits per heavy atom. The molecule has 0 bridgehead atoms. The van der Waals surface area contributed by atoms with Crippen molar-refractivity contribution >= 4 is 5.97 Å². The number of carboxylic acids is 1. The van der Waals surface area contributed by atoms with Gasteiger partial charge in [0.15, 0.2) is 0 Å². The second-order valence-electron chi connectivity index (χ2n) is 6.62. The standard InChI is InChI=1S/C15H27NO2/c1-12-6-9-16(10-13(12)2)11-15(14(17)18)7-4-3-5-8-15/h12-13H,3-11H2,1-2H3,(H,17,18). The first-order valence-corrected chi connectivity index (χ1v) is 7.49. The molecule has 0 radical (unpaired) electrons. The number of carbonyl (C=O) groups is 1. The fraction of sp³-hybridized carbons (Fsp3) is 0.933. The van der Waals surface area contributed by atoms with E-state index < -0.39 is 11.4 Å². The van der Waals surface area contributed by atoms with Gasteiger partial charge < -0.3 is 10.0 Å². The topological polar surface area (TPSA) is 40.5 Å². The van der Waals surface area contributed by atoms with Gasteiger partial charge in [0.25, 0.3) is 0 Å². The van der Waals surface area contributed by atoms with Crippen molar-refractivity contribution in [3.05, 3.63) is 0 Å². The van der Waals surface area contributed by atoms with E-state index in [9.17, 15) is 9.90 Å². The summed E-state index contributed by atoms with van der Waals surface area (Å²) in [7, 11) is 0. The van der Waals surface area contributed by atoms with Crippen molar-refractivity contribution in [2.45, 2.75) is 52.4 Å². The molecule has 2 rings (SSSR count). The van der Waals surface area contributed by atoms with E-state index in [1.165, 1.54) is 12.8 Å². The van der Waals surface area contributed by atoms with Gasteiger partial charge in [0, 0.05) is 13.1 Å². The van der Waals surface area contributed by atoms with Gasteiger partial charge in [0.1, 0.15) is 0 Å². The first kappa shape index (κ1) is 13.9. The zero-order chi connectivity index (χ0) is 13.2. The van der Waals surface area contributed by atoms with Gasteiger partial charge in [-0.15, -0.1) is 0 Å². The van der Waals surface area contributed by atoms with Crippen molar-refractivity contribution in [3.8, 4) is 0 Å². The van der Waals surface area contributed by atoms with E-state index in [2.05, 4.69) is 18.7 Å². The highest BCUT2D eigenvalue weighted by Crippen LogP contribution is 2.38. The molecule has 0 aromatic rings. The SMILES string of the molecule is CC1CCN(CC2(C(=O)O)CCCCC2)CC1C. The summed E-state index contributed by atoms with van der Waals surface area (Å²) in [6.45, 7) is 7.55. The molecular formula is C15H27NO2. The van der Waals surface area contributed by atoms with Crippen LogP contribution >= 0.6 is 0 Å². The second kappa shape index (κ2) is 5.60. The van der Waals surface area contributed by atoms with E-state index in [1.54, 1.807) is 0 Å². The molecule has 104 valence electrons. The Kier molecular flexibility index (Phi) is 4.31. The smallest absolute Gasteiger partial charge is 0.310 e. The summed E-state index contributed by atoms with van der Waals surface area (Å²) in [5, 5.41) is 9.61. The quantitative estimate of drug-likeness (QED) is 0.840. The molecule has 2 aliphatic rings. The Morgan fingerprint density at radius 2 is 1.89 bits per heavy atom. The van der Waals surface area contributed by atoms with Crippen molar-refractivity contribution in [1.82, 2.24) is 4.90 Å². The van der Waals surface area contributed by atoms with E-state index in [1.807, 2.05) is 0 Å². The molecular weight excluding hydrogens is 226 g/mol. The molecule has 0 spiro atoms. The second-order valence-corrected chi connectivity index (χ2v) is 6.62. The van der Waals surface area contributed by atoms with Gasteiger partial charge >= 0.3 is 5.97 Å². The lowest BCUT2D eigenvalue weighted by Gasteiger charge is -2.42. The van der Waals surface area contributed by atoms with E-state index in [4.69, 9.17) is 0 Å². The minimum absolute atomic E-state index is 0.446. The molecule has 2 fully saturated rings. The number of rotatable bonds is 3. The Bertz CT molecular complexity index is 297. The molecule has 2 atom stereocenters. The fourth-order valence-corrected chi connectivity index (χ4v) is 3.59. The van der Waals surface area contributed by atoms with Crippen LogP contribution in [-0.4, -0.2) is 35.6 Å². The Balaban J connectivity index is 1.99. The number of nitrogens with zero attached hydrogens (tertiary/aromatic N) is 1. The molecule has 0 aromatic carbocycles. The first-order valence-electron chi connectivity index (χ1n) is 7.49. The van der Waals surface area contributed by atoms with Gasteiger partial charge in [-0.1, -0.05) is 33.1 Å². The van der Waals surface area contributed by atoms with Crippen LogP contribution in [0.2, 0.25) is 0 Å². The largest absolute Gasteiger partial charge is 0.481 e. The maximum absolute atomic E-state index is 11.7. The van der Waals surface area contributed by atoms with Gasteiger partial charge in [-0.3, -0.25) is 4.79 Å². The lowest BCUT2D eigenvalue weighted by molar-refractivity contribution is -0.153. The van der Waals surface area contributed by atoms with Gasteiger partial charge in [-0.25, -0.2) is 0 Å². The molecule has 1 heterocycles. The summed E-state index contributed by atoms with van der Waals surface area (Å²) in [6, 6.07) is 0. The van der Waals surface area contributed by atoms with Crippen LogP contribution in [0.4, 0.5) is 0 Å². The van der Waals surface area contributed by atoms with Crippen molar-refractivity contribution in [2.75, 3.05) is 19.6 Å². The van der Waals surface area contributed by atoms with Crippen LogP contribution in [0.1, 0.15) is 52.4 Å². The zero-order valence-corrected chi connectivity index (χ0v) is 11.8. The summed E-state index contributed by atoms with van der Waals surface area (Å²) >= 11 is 0. The molecule has 0 aromatic heterocycles. The maximum Gasteiger partial charge on any atom is 0.310 e. The first-order chi connectivity index (χ1) is 8.53. The van der Waals surface area contributed by atoms with E-state index >= 15 is 0 Å². The summed E-state index contributed by atoms with van der Waals surface area (Å²) in [4.78, 5) is 14.1. The number of hydrogen-bond donors (Lipinski definition) is 1. The fourth-order valence-electron chi connectivity index (χ4n) is 3.59. The van der Waals surface area contributed by atoms with Gasteiger partial charge in [-0.05, 0) is 37.6 Å². The third-order valence-electron chi connectivity index (χ3n) is 5.21. The highest BCUT2D eigenvalue weighted by atomic mass is 16.4. The van der Waals surface area contributed by atoms with E-state index in [0.717, 1.165) is 51.2 Å². The van der Waals surface area contributed by atoms with Crippen LogP contribution in [0, 0.1) is 17.3 Å². The van der Waals surface area contributed by atoms with Crippen molar-refractivity contribution < 1.29 is 9.90 Å². The van der Waals surface area contributed by atoms with Crippen molar-refractivity contribution in [2.24, 2.45) is 17.3 Å². The minimum atomic E-state index is -0.562. The van der Waals surface area contributed by atoms with Crippen LogP contribution in [0.3, 0.4) is 0 Å². The van der Waals surface area contributed by atoms with Gasteiger partial charge in [0.05, 0.1) is 5.41 Å². The summed E-state index contributed by atoms with van der Waals surface area (Å²) in [5.74, 6) is 0.926. The normalized spacial score (nSPS) is 33.2. The third kappa shape index (κ3) is 2.87. The predicted octanol–water partition coefficient (Wildman–Crippen LogP) is 3.00. The van der Waals surface area contributed by atoms with Crippen LogP contribution in [0.25, 0.3) is 0 Å². The minimum Gasteiger partial charge on any atom is -0.481 e.